The first kappa shape index (κ1) is 21.8. The van der Waals surface area contributed by atoms with Crippen LogP contribution >= 0.6 is 11.3 Å². The Bertz CT molecular complexity index is 903. The van der Waals surface area contributed by atoms with Crippen molar-refractivity contribution in [2.45, 2.75) is 30.5 Å². The number of unbranched alkanes of at least 4 members (excludes halogenated alkanes) is 1. The van der Waals surface area contributed by atoms with E-state index in [1.807, 2.05) is 0 Å². The summed E-state index contributed by atoms with van der Waals surface area (Å²) >= 11 is 1.18. The summed E-state index contributed by atoms with van der Waals surface area (Å²) < 4.78 is 37.9. The Labute approximate surface area is 175 Å². The highest BCUT2D eigenvalue weighted by molar-refractivity contribution is 7.91. The van der Waals surface area contributed by atoms with Gasteiger partial charge in [-0.2, -0.15) is 4.31 Å². The van der Waals surface area contributed by atoms with E-state index < -0.39 is 10.0 Å². The quantitative estimate of drug-likeness (QED) is 0.609. The lowest BCUT2D eigenvalue weighted by molar-refractivity contribution is 0.0731. The molecule has 1 aromatic carbocycles. The van der Waals surface area contributed by atoms with E-state index in [-0.39, 0.29) is 16.7 Å². The van der Waals surface area contributed by atoms with Crippen LogP contribution in [0.4, 0.5) is 0 Å². The third-order valence-electron chi connectivity index (χ3n) is 4.51. The Balaban J connectivity index is 1.54. The maximum absolute atomic E-state index is 12.7. The van der Waals surface area contributed by atoms with Gasteiger partial charge < -0.3 is 14.8 Å². The fourth-order valence-corrected chi connectivity index (χ4v) is 5.67. The number of nitrogens with zero attached hydrogens (tertiary/aromatic N) is 1. The molecule has 1 aliphatic rings. The summed E-state index contributed by atoms with van der Waals surface area (Å²) in [6.07, 6.45) is 2.06. The molecule has 1 aliphatic heterocycles. The highest BCUT2D eigenvalue weighted by atomic mass is 32.2. The Morgan fingerprint density at radius 3 is 2.59 bits per heavy atom. The molecule has 2 aromatic rings. The number of ether oxygens (including phenoxy) is 2. The van der Waals surface area contributed by atoms with Gasteiger partial charge in [-0.25, -0.2) is 8.42 Å². The predicted molar refractivity (Wildman–Crippen MR) is 112 cm³/mol. The number of nitrogens with one attached hydrogen (secondary N) is 1. The molecule has 1 amide bonds. The van der Waals surface area contributed by atoms with Gasteiger partial charge in [0.25, 0.3) is 15.9 Å². The molecular formula is C20H26N2O5S2. The van der Waals surface area contributed by atoms with E-state index in [4.69, 9.17) is 9.47 Å². The number of carbonyl (C=O) groups is 1. The number of rotatable bonds is 9. The SMILES string of the molecule is CCCCOc1ccc(C(=O)NCc2ccc(S(=O)(=O)N3CCOCC3)s2)cc1. The molecule has 1 aromatic heterocycles. The minimum Gasteiger partial charge on any atom is -0.494 e. The molecule has 158 valence electrons. The van der Waals surface area contributed by atoms with Crippen LogP contribution in [0.2, 0.25) is 0 Å². The summed E-state index contributed by atoms with van der Waals surface area (Å²) in [6, 6.07) is 10.3. The fourth-order valence-electron chi connectivity index (χ4n) is 2.81. The molecule has 9 heteroatoms. The van der Waals surface area contributed by atoms with Gasteiger partial charge in [-0.1, -0.05) is 13.3 Å². The molecule has 1 N–H and O–H groups in total. The van der Waals surface area contributed by atoms with E-state index in [0.29, 0.717) is 38.5 Å². The zero-order valence-corrected chi connectivity index (χ0v) is 18.1. The predicted octanol–water partition coefficient (Wildman–Crippen LogP) is 2.88. The van der Waals surface area contributed by atoms with Crippen molar-refractivity contribution < 1.29 is 22.7 Å². The van der Waals surface area contributed by atoms with Crippen LogP contribution in [0.25, 0.3) is 0 Å². The number of thiophene rings is 1. The van der Waals surface area contributed by atoms with Crippen LogP contribution in [0.1, 0.15) is 35.0 Å². The minimum absolute atomic E-state index is 0.212. The van der Waals surface area contributed by atoms with Crippen LogP contribution in [0.3, 0.4) is 0 Å². The number of morpholine rings is 1. The number of hydrogen-bond acceptors (Lipinski definition) is 6. The summed E-state index contributed by atoms with van der Waals surface area (Å²) in [5.41, 5.74) is 0.533. The lowest BCUT2D eigenvalue weighted by Gasteiger charge is -2.25. The smallest absolute Gasteiger partial charge is 0.252 e. The Kier molecular flexibility index (Phi) is 7.65. The molecule has 29 heavy (non-hydrogen) atoms. The largest absolute Gasteiger partial charge is 0.494 e. The van der Waals surface area contributed by atoms with Crippen molar-refractivity contribution in [3.8, 4) is 5.75 Å². The number of amides is 1. The number of carbonyl (C=O) groups excluding carboxylic acids is 1. The average Bonchev–Trinajstić information content (AvgIpc) is 3.23. The first-order valence-electron chi connectivity index (χ1n) is 9.68. The Hall–Kier alpha value is -1.94. The molecule has 0 aliphatic carbocycles. The molecule has 1 saturated heterocycles. The van der Waals surface area contributed by atoms with Gasteiger partial charge in [0, 0.05) is 23.5 Å². The topological polar surface area (TPSA) is 84.9 Å². The van der Waals surface area contributed by atoms with E-state index in [9.17, 15) is 13.2 Å². The zero-order valence-electron chi connectivity index (χ0n) is 16.4. The third kappa shape index (κ3) is 5.79. The third-order valence-corrected chi connectivity index (χ3v) is 7.96. The number of benzene rings is 1. The van der Waals surface area contributed by atoms with Crippen molar-refractivity contribution in [2.75, 3.05) is 32.9 Å². The van der Waals surface area contributed by atoms with Gasteiger partial charge >= 0.3 is 0 Å². The molecule has 2 heterocycles. The molecule has 0 bridgehead atoms. The van der Waals surface area contributed by atoms with Gasteiger partial charge in [0.2, 0.25) is 0 Å². The monoisotopic (exact) mass is 438 g/mol. The molecule has 0 radical (unpaired) electrons. The normalized spacial score (nSPS) is 15.2. The molecule has 3 rings (SSSR count). The van der Waals surface area contributed by atoms with E-state index in [2.05, 4.69) is 12.2 Å². The van der Waals surface area contributed by atoms with Gasteiger partial charge in [-0.05, 0) is 42.8 Å². The summed E-state index contributed by atoms with van der Waals surface area (Å²) in [5, 5.41) is 2.83. The number of sulfonamides is 1. The molecule has 0 unspecified atom stereocenters. The Morgan fingerprint density at radius 1 is 1.17 bits per heavy atom. The standard InChI is InChI=1S/C20H26N2O5S2/c1-2-3-12-27-17-6-4-16(5-7-17)20(23)21-15-18-8-9-19(28-18)29(24,25)22-10-13-26-14-11-22/h4-9H,2-3,10-15H2,1H3,(H,21,23). The molecule has 0 saturated carbocycles. The van der Waals surface area contributed by atoms with Crippen LogP contribution < -0.4 is 10.1 Å². The lowest BCUT2D eigenvalue weighted by atomic mass is 10.2. The van der Waals surface area contributed by atoms with Crippen molar-refractivity contribution in [3.63, 3.8) is 0 Å². The first-order valence-corrected chi connectivity index (χ1v) is 11.9. The molecule has 0 spiro atoms. The van der Waals surface area contributed by atoms with E-state index in [0.717, 1.165) is 23.5 Å². The van der Waals surface area contributed by atoms with Gasteiger partial charge in [-0.15, -0.1) is 11.3 Å². The molecule has 0 atom stereocenters. The van der Waals surface area contributed by atoms with E-state index >= 15 is 0 Å². The summed E-state index contributed by atoms with van der Waals surface area (Å²) in [5.74, 6) is 0.530. The second-order valence-electron chi connectivity index (χ2n) is 6.65. The van der Waals surface area contributed by atoms with Crippen LogP contribution in [0, 0.1) is 0 Å². The highest BCUT2D eigenvalue weighted by Gasteiger charge is 2.27. The minimum atomic E-state index is -3.50. The van der Waals surface area contributed by atoms with E-state index in [1.54, 1.807) is 36.4 Å². The second kappa shape index (κ2) is 10.2. The second-order valence-corrected chi connectivity index (χ2v) is 9.98. The maximum Gasteiger partial charge on any atom is 0.252 e. The van der Waals surface area contributed by atoms with Crippen molar-refractivity contribution in [1.29, 1.82) is 0 Å². The van der Waals surface area contributed by atoms with Crippen molar-refractivity contribution in [2.24, 2.45) is 0 Å². The summed E-state index contributed by atoms with van der Waals surface area (Å²) in [4.78, 5) is 13.1. The molecular weight excluding hydrogens is 412 g/mol. The summed E-state index contributed by atoms with van der Waals surface area (Å²) in [6.45, 7) is 4.60. The first-order chi connectivity index (χ1) is 14.0. The van der Waals surface area contributed by atoms with Crippen molar-refractivity contribution in [1.82, 2.24) is 9.62 Å². The summed E-state index contributed by atoms with van der Waals surface area (Å²) in [7, 11) is -3.50. The van der Waals surface area contributed by atoms with Gasteiger partial charge in [-0.3, -0.25) is 4.79 Å². The zero-order chi connectivity index (χ0) is 20.7. The molecule has 1 fully saturated rings. The van der Waals surface area contributed by atoms with Crippen molar-refractivity contribution in [3.05, 3.63) is 46.8 Å². The average molecular weight is 439 g/mol. The van der Waals surface area contributed by atoms with Crippen molar-refractivity contribution >= 4 is 27.3 Å². The van der Waals surface area contributed by atoms with Gasteiger partial charge in [0.05, 0.1) is 26.4 Å². The highest BCUT2D eigenvalue weighted by Crippen LogP contribution is 2.25. The van der Waals surface area contributed by atoms with Crippen LogP contribution in [0.5, 0.6) is 5.75 Å². The number of hydrogen-bond donors (Lipinski definition) is 1. The van der Waals surface area contributed by atoms with Gasteiger partial charge in [0.15, 0.2) is 0 Å². The lowest BCUT2D eigenvalue weighted by Crippen LogP contribution is -2.40. The molecule has 7 nitrogen and oxygen atoms in total. The maximum atomic E-state index is 12.7. The fraction of sp³-hybridized carbons (Fsp3) is 0.450. The van der Waals surface area contributed by atoms with Gasteiger partial charge in [0.1, 0.15) is 9.96 Å². The Morgan fingerprint density at radius 2 is 1.90 bits per heavy atom. The van der Waals surface area contributed by atoms with E-state index in [1.165, 1.54) is 15.6 Å². The van der Waals surface area contributed by atoms with Crippen LogP contribution in [-0.2, 0) is 21.3 Å². The van der Waals surface area contributed by atoms with Crippen LogP contribution in [0.15, 0.2) is 40.6 Å². The van der Waals surface area contributed by atoms with Crippen LogP contribution in [-0.4, -0.2) is 51.5 Å².